The molecule has 8 nitrogen and oxygen atoms in total. The molecule has 2 N–H and O–H groups in total. The fourth-order valence-electron chi connectivity index (χ4n) is 4.32. The summed E-state index contributed by atoms with van der Waals surface area (Å²) in [6.45, 7) is 1.57. The standard InChI is InChI=1S/C29H30Cl2N2O6S/c1-37-25(28(35)36)14-21-22(30)12-19(13-23(21)31)27(34)33-29-32-24(16-40-29)20-10-4-8-18(26(20)38-2)9-5-11-39-15-17-6-3-7-17/h4,8,10,12-14,16-17H,3,5-7,9,11,15H2,1-2H3,(H,35,36)(H,32,33,34). The van der Waals surface area contributed by atoms with Gasteiger partial charge >= 0.3 is 5.97 Å². The first-order chi connectivity index (χ1) is 19.3. The Morgan fingerprint density at radius 1 is 1.20 bits per heavy atom. The van der Waals surface area contributed by atoms with Gasteiger partial charge in [0.15, 0.2) is 5.13 Å². The van der Waals surface area contributed by atoms with E-state index in [2.05, 4.69) is 10.3 Å². The van der Waals surface area contributed by atoms with Crippen LogP contribution in [0.25, 0.3) is 17.3 Å². The molecule has 0 atom stereocenters. The number of hydrogen-bond acceptors (Lipinski definition) is 7. The van der Waals surface area contributed by atoms with Crippen LogP contribution in [0, 0.1) is 5.92 Å². The minimum absolute atomic E-state index is 0.100. The number of benzene rings is 2. The van der Waals surface area contributed by atoms with Crippen LogP contribution in [0.4, 0.5) is 5.13 Å². The third-order valence-corrected chi connectivity index (χ3v) is 8.04. The van der Waals surface area contributed by atoms with Crippen LogP contribution in [0.3, 0.4) is 0 Å². The summed E-state index contributed by atoms with van der Waals surface area (Å²) in [4.78, 5) is 28.8. The van der Waals surface area contributed by atoms with Gasteiger partial charge < -0.3 is 19.3 Å². The van der Waals surface area contributed by atoms with Crippen molar-refractivity contribution in [1.29, 1.82) is 0 Å². The molecule has 2 aromatic carbocycles. The lowest BCUT2D eigenvalue weighted by molar-refractivity contribution is -0.135. The number of aliphatic carboxylic acids is 1. The summed E-state index contributed by atoms with van der Waals surface area (Å²) < 4.78 is 16.4. The number of thiazole rings is 1. The Hall–Kier alpha value is -3.11. The van der Waals surface area contributed by atoms with Crippen LogP contribution in [0.5, 0.6) is 5.75 Å². The molecular formula is C29H30Cl2N2O6S. The fourth-order valence-corrected chi connectivity index (χ4v) is 5.62. The van der Waals surface area contributed by atoms with Crippen molar-refractivity contribution in [2.45, 2.75) is 32.1 Å². The molecule has 1 heterocycles. The SMILES string of the molecule is COC(=Cc1c(Cl)cc(C(=O)Nc2nc(-c3cccc(CCCOCC4CCC4)c3OC)cs2)cc1Cl)C(=O)O. The van der Waals surface area contributed by atoms with Crippen LogP contribution in [-0.4, -0.2) is 49.4 Å². The minimum Gasteiger partial charge on any atom is -0.496 e. The fraction of sp³-hybridized carbons (Fsp3) is 0.345. The summed E-state index contributed by atoms with van der Waals surface area (Å²) in [5, 5.41) is 14.4. The maximum atomic E-state index is 12.9. The molecule has 0 spiro atoms. The van der Waals surface area contributed by atoms with Gasteiger partial charge in [0.25, 0.3) is 5.91 Å². The quantitative estimate of drug-likeness (QED) is 0.121. The minimum atomic E-state index is -1.27. The largest absolute Gasteiger partial charge is 0.496 e. The summed E-state index contributed by atoms with van der Waals surface area (Å²) in [6.07, 6.45) is 6.79. The predicted octanol–water partition coefficient (Wildman–Crippen LogP) is 7.20. The maximum absolute atomic E-state index is 12.9. The molecule has 0 bridgehead atoms. The van der Waals surface area contributed by atoms with E-state index in [1.807, 2.05) is 23.6 Å². The molecule has 1 aliphatic rings. The van der Waals surface area contributed by atoms with E-state index in [1.165, 1.54) is 55.9 Å². The van der Waals surface area contributed by atoms with Crippen molar-refractivity contribution < 1.29 is 28.9 Å². The first-order valence-electron chi connectivity index (χ1n) is 12.8. The number of para-hydroxylation sites is 1. The molecule has 1 amide bonds. The highest BCUT2D eigenvalue weighted by Crippen LogP contribution is 2.36. The monoisotopic (exact) mass is 604 g/mol. The van der Waals surface area contributed by atoms with E-state index in [1.54, 1.807) is 7.11 Å². The lowest BCUT2D eigenvalue weighted by atomic mass is 9.86. The van der Waals surface area contributed by atoms with Crippen molar-refractivity contribution >= 4 is 57.6 Å². The van der Waals surface area contributed by atoms with Gasteiger partial charge in [-0.1, -0.05) is 41.8 Å². The van der Waals surface area contributed by atoms with E-state index in [-0.39, 0.29) is 26.9 Å². The van der Waals surface area contributed by atoms with Gasteiger partial charge in [0, 0.05) is 35.3 Å². The van der Waals surface area contributed by atoms with Crippen molar-refractivity contribution in [3.63, 3.8) is 0 Å². The molecule has 1 fully saturated rings. The normalized spacial score (nSPS) is 13.6. The number of aryl methyl sites for hydroxylation is 1. The lowest BCUT2D eigenvalue weighted by Gasteiger charge is -2.24. The second-order valence-corrected chi connectivity index (χ2v) is 11.0. The number of rotatable bonds is 13. The number of aromatic nitrogens is 1. The number of methoxy groups -OCH3 is 2. The summed E-state index contributed by atoms with van der Waals surface area (Å²) in [5.74, 6) is -0.591. The molecule has 0 aliphatic heterocycles. The number of amides is 1. The molecule has 0 saturated heterocycles. The second kappa shape index (κ2) is 14.0. The Bertz CT molecular complexity index is 1380. The van der Waals surface area contributed by atoms with Crippen LogP contribution in [0.2, 0.25) is 10.0 Å². The highest BCUT2D eigenvalue weighted by atomic mass is 35.5. The van der Waals surface area contributed by atoms with Gasteiger partial charge in [-0.15, -0.1) is 11.3 Å². The van der Waals surface area contributed by atoms with E-state index in [0.717, 1.165) is 48.8 Å². The van der Waals surface area contributed by atoms with Gasteiger partial charge in [-0.2, -0.15) is 0 Å². The summed E-state index contributed by atoms with van der Waals surface area (Å²) in [5.41, 5.74) is 3.01. The first kappa shape index (κ1) is 29.9. The number of ether oxygens (including phenoxy) is 3. The van der Waals surface area contributed by atoms with Crippen molar-refractivity contribution in [2.24, 2.45) is 5.92 Å². The summed E-state index contributed by atoms with van der Waals surface area (Å²) >= 11 is 13.9. The zero-order valence-electron chi connectivity index (χ0n) is 22.2. The number of halogens is 2. The Labute approximate surface area is 246 Å². The Kier molecular flexibility index (Phi) is 10.4. The van der Waals surface area contributed by atoms with E-state index in [9.17, 15) is 14.7 Å². The van der Waals surface area contributed by atoms with Crippen molar-refractivity contribution in [2.75, 3.05) is 32.8 Å². The van der Waals surface area contributed by atoms with Crippen LogP contribution < -0.4 is 10.1 Å². The van der Waals surface area contributed by atoms with Gasteiger partial charge in [0.2, 0.25) is 5.76 Å². The predicted molar refractivity (Wildman–Crippen MR) is 158 cm³/mol. The molecule has 40 heavy (non-hydrogen) atoms. The van der Waals surface area contributed by atoms with Crippen LogP contribution >= 0.6 is 34.5 Å². The molecule has 4 rings (SSSR count). The number of carboxylic acids is 1. The highest BCUT2D eigenvalue weighted by Gasteiger charge is 2.19. The van der Waals surface area contributed by atoms with E-state index >= 15 is 0 Å². The van der Waals surface area contributed by atoms with Crippen molar-refractivity contribution in [3.8, 4) is 17.0 Å². The highest BCUT2D eigenvalue weighted by molar-refractivity contribution is 7.14. The maximum Gasteiger partial charge on any atom is 0.371 e. The summed E-state index contributed by atoms with van der Waals surface area (Å²) in [7, 11) is 2.87. The van der Waals surface area contributed by atoms with Gasteiger partial charge in [-0.3, -0.25) is 10.1 Å². The molecular weight excluding hydrogens is 575 g/mol. The lowest BCUT2D eigenvalue weighted by Crippen LogP contribution is -2.17. The van der Waals surface area contributed by atoms with Crippen LogP contribution in [-0.2, 0) is 20.7 Å². The number of nitrogens with one attached hydrogen (secondary N) is 1. The van der Waals surface area contributed by atoms with Gasteiger partial charge in [0.05, 0.1) is 30.0 Å². The molecule has 1 saturated carbocycles. The second-order valence-electron chi connectivity index (χ2n) is 9.34. The number of hydrogen-bond donors (Lipinski definition) is 2. The molecule has 0 unspecified atom stereocenters. The van der Waals surface area contributed by atoms with Crippen LogP contribution in [0.15, 0.2) is 41.5 Å². The van der Waals surface area contributed by atoms with Crippen LogP contribution in [0.1, 0.15) is 47.2 Å². The molecule has 3 aromatic rings. The number of nitrogens with zero attached hydrogens (tertiary/aromatic N) is 1. The summed E-state index contributed by atoms with van der Waals surface area (Å²) in [6, 6.07) is 8.76. The number of carbonyl (C=O) groups is 2. The van der Waals surface area contributed by atoms with Gasteiger partial charge in [-0.25, -0.2) is 9.78 Å². The molecule has 212 valence electrons. The Morgan fingerprint density at radius 2 is 1.95 bits per heavy atom. The zero-order chi connectivity index (χ0) is 28.6. The number of carbonyl (C=O) groups excluding carboxylic acids is 1. The van der Waals surface area contributed by atoms with Crippen molar-refractivity contribution in [3.05, 3.63) is 68.2 Å². The van der Waals surface area contributed by atoms with Gasteiger partial charge in [0.1, 0.15) is 5.75 Å². The Morgan fingerprint density at radius 3 is 2.58 bits per heavy atom. The third-order valence-electron chi connectivity index (χ3n) is 6.66. The van der Waals surface area contributed by atoms with Gasteiger partial charge in [-0.05, 0) is 61.4 Å². The Balaban J connectivity index is 1.43. The van der Waals surface area contributed by atoms with E-state index in [0.29, 0.717) is 10.8 Å². The van der Waals surface area contributed by atoms with E-state index in [4.69, 9.17) is 37.4 Å². The number of anilines is 1. The van der Waals surface area contributed by atoms with E-state index < -0.39 is 11.9 Å². The molecule has 0 radical (unpaired) electrons. The molecule has 11 heteroatoms. The zero-order valence-corrected chi connectivity index (χ0v) is 24.5. The topological polar surface area (TPSA) is 107 Å². The average molecular weight is 606 g/mol. The van der Waals surface area contributed by atoms with Crippen molar-refractivity contribution in [1.82, 2.24) is 4.98 Å². The first-order valence-corrected chi connectivity index (χ1v) is 14.4. The third kappa shape index (κ3) is 7.34. The molecule has 1 aliphatic carbocycles. The smallest absolute Gasteiger partial charge is 0.371 e. The molecule has 1 aromatic heterocycles. The average Bonchev–Trinajstić information content (AvgIpc) is 3.36. The number of carboxylic acid groups (broad SMARTS) is 1.